The van der Waals surface area contributed by atoms with Crippen molar-refractivity contribution in [3.8, 4) is 0 Å². The normalized spacial score (nSPS) is 16.1. The molecule has 0 radical (unpaired) electrons. The topological polar surface area (TPSA) is 84.2 Å². The Morgan fingerprint density at radius 3 is 2.27 bits per heavy atom. The van der Waals surface area contributed by atoms with Crippen LogP contribution in [0.1, 0.15) is 46.0 Å². The van der Waals surface area contributed by atoms with Gasteiger partial charge in [-0.1, -0.05) is 25.3 Å². The van der Waals surface area contributed by atoms with Gasteiger partial charge in [0.05, 0.1) is 5.54 Å². The van der Waals surface area contributed by atoms with Gasteiger partial charge in [0.2, 0.25) is 11.8 Å². The first-order valence-electron chi connectivity index (χ1n) is 7.87. The number of nitrogens with one attached hydrogen (secondary N) is 2. The molecule has 5 heteroatoms. The van der Waals surface area contributed by atoms with Crippen LogP contribution in [0.15, 0.2) is 24.3 Å². The number of hydrogen-bond acceptors (Lipinski definition) is 3. The van der Waals surface area contributed by atoms with Gasteiger partial charge in [0, 0.05) is 17.3 Å². The predicted molar refractivity (Wildman–Crippen MR) is 88.5 cm³/mol. The molecule has 0 bridgehead atoms. The molecule has 0 spiro atoms. The molecule has 0 atom stereocenters. The lowest BCUT2D eigenvalue weighted by Gasteiger charge is -2.21. The van der Waals surface area contributed by atoms with Crippen molar-refractivity contribution < 1.29 is 9.59 Å². The molecule has 0 unspecified atom stereocenters. The highest BCUT2D eigenvalue weighted by Crippen LogP contribution is 2.25. The number of hydrogen-bond donors (Lipinski definition) is 3. The first-order valence-corrected chi connectivity index (χ1v) is 7.87. The van der Waals surface area contributed by atoms with Crippen molar-refractivity contribution in [1.29, 1.82) is 0 Å². The molecular weight excluding hydrogens is 278 g/mol. The molecule has 4 N–H and O–H groups in total. The van der Waals surface area contributed by atoms with Crippen molar-refractivity contribution in [1.82, 2.24) is 0 Å². The van der Waals surface area contributed by atoms with E-state index in [9.17, 15) is 9.59 Å². The fourth-order valence-electron chi connectivity index (χ4n) is 2.58. The molecule has 22 heavy (non-hydrogen) atoms. The van der Waals surface area contributed by atoms with Crippen molar-refractivity contribution in [3.05, 3.63) is 24.3 Å². The van der Waals surface area contributed by atoms with Gasteiger partial charge < -0.3 is 16.4 Å². The molecule has 0 saturated heterocycles. The van der Waals surface area contributed by atoms with Crippen LogP contribution in [0.4, 0.5) is 11.4 Å². The van der Waals surface area contributed by atoms with E-state index in [1.165, 1.54) is 6.42 Å². The number of rotatable bonds is 4. The van der Waals surface area contributed by atoms with E-state index in [1.54, 1.807) is 32.0 Å². The van der Waals surface area contributed by atoms with Gasteiger partial charge >= 0.3 is 0 Å². The molecule has 1 aromatic carbocycles. The summed E-state index contributed by atoms with van der Waals surface area (Å²) in [5.41, 5.74) is 6.15. The Hall–Kier alpha value is -1.88. The average Bonchev–Trinajstić information content (AvgIpc) is 2.47. The zero-order valence-corrected chi connectivity index (χ0v) is 13.3. The molecule has 5 nitrogen and oxygen atoms in total. The molecule has 120 valence electrons. The van der Waals surface area contributed by atoms with E-state index in [0.29, 0.717) is 11.4 Å². The minimum Gasteiger partial charge on any atom is -0.326 e. The SMILES string of the molecule is CC(C)(N)C(=O)Nc1cccc(NC(=O)C2CCCCC2)c1. The summed E-state index contributed by atoms with van der Waals surface area (Å²) < 4.78 is 0. The number of nitrogens with two attached hydrogens (primary N) is 1. The standard InChI is InChI=1S/C17H25N3O2/c1-17(2,18)16(22)20-14-10-6-9-13(11-14)19-15(21)12-7-4-3-5-8-12/h6,9-12H,3-5,7-8,18H2,1-2H3,(H,19,21)(H,20,22). The Labute approximate surface area is 131 Å². The third-order valence-electron chi connectivity index (χ3n) is 3.95. The van der Waals surface area contributed by atoms with E-state index in [-0.39, 0.29) is 17.7 Å². The molecule has 0 aliphatic heterocycles. The second-order valence-electron chi connectivity index (χ2n) is 6.58. The van der Waals surface area contributed by atoms with Gasteiger partial charge in [-0.2, -0.15) is 0 Å². The van der Waals surface area contributed by atoms with Crippen molar-refractivity contribution >= 4 is 23.2 Å². The third-order valence-corrected chi connectivity index (χ3v) is 3.95. The quantitative estimate of drug-likeness (QED) is 0.799. The van der Waals surface area contributed by atoms with Crippen LogP contribution >= 0.6 is 0 Å². The van der Waals surface area contributed by atoms with Crippen LogP contribution in [0.2, 0.25) is 0 Å². The van der Waals surface area contributed by atoms with Gasteiger partial charge in [-0.3, -0.25) is 9.59 Å². The van der Waals surface area contributed by atoms with Gasteiger partial charge in [-0.15, -0.1) is 0 Å². The fraction of sp³-hybridized carbons (Fsp3) is 0.529. The fourth-order valence-corrected chi connectivity index (χ4v) is 2.58. The Balaban J connectivity index is 1.99. The van der Waals surface area contributed by atoms with Gasteiger partial charge in [-0.25, -0.2) is 0 Å². The summed E-state index contributed by atoms with van der Waals surface area (Å²) in [6, 6.07) is 7.16. The highest BCUT2D eigenvalue weighted by molar-refractivity contribution is 5.98. The highest BCUT2D eigenvalue weighted by atomic mass is 16.2. The van der Waals surface area contributed by atoms with Crippen molar-refractivity contribution in [2.24, 2.45) is 11.7 Å². The molecule has 1 aliphatic carbocycles. The van der Waals surface area contributed by atoms with E-state index in [0.717, 1.165) is 25.7 Å². The Morgan fingerprint density at radius 2 is 1.68 bits per heavy atom. The lowest BCUT2D eigenvalue weighted by Crippen LogP contribution is -2.45. The van der Waals surface area contributed by atoms with Crippen LogP contribution in [0, 0.1) is 5.92 Å². The van der Waals surface area contributed by atoms with Crippen LogP contribution in [-0.2, 0) is 9.59 Å². The van der Waals surface area contributed by atoms with Crippen molar-refractivity contribution in [2.75, 3.05) is 10.6 Å². The molecule has 1 aromatic rings. The second kappa shape index (κ2) is 6.92. The average molecular weight is 303 g/mol. The largest absolute Gasteiger partial charge is 0.326 e. The molecule has 1 saturated carbocycles. The maximum Gasteiger partial charge on any atom is 0.243 e. The molecule has 0 heterocycles. The lowest BCUT2D eigenvalue weighted by molar-refractivity contribution is -0.121. The van der Waals surface area contributed by atoms with Crippen LogP contribution in [-0.4, -0.2) is 17.4 Å². The molecule has 1 fully saturated rings. The summed E-state index contributed by atoms with van der Waals surface area (Å²) in [5.74, 6) is -0.0828. The molecule has 1 aliphatic rings. The summed E-state index contributed by atoms with van der Waals surface area (Å²) >= 11 is 0. The zero-order chi connectivity index (χ0) is 16.2. The van der Waals surface area contributed by atoms with E-state index < -0.39 is 5.54 Å². The monoisotopic (exact) mass is 303 g/mol. The molecule has 0 aromatic heterocycles. The first kappa shape index (κ1) is 16.5. The maximum atomic E-state index is 12.2. The number of carbonyl (C=O) groups excluding carboxylic acids is 2. The number of anilines is 2. The lowest BCUT2D eigenvalue weighted by atomic mass is 9.88. The van der Waals surface area contributed by atoms with E-state index in [4.69, 9.17) is 5.73 Å². The predicted octanol–water partition coefficient (Wildman–Crippen LogP) is 2.88. The summed E-state index contributed by atoms with van der Waals surface area (Å²) in [6.45, 7) is 3.30. The minimum absolute atomic E-state index is 0.0716. The van der Waals surface area contributed by atoms with Gasteiger partial charge in [-0.05, 0) is 44.9 Å². The third kappa shape index (κ3) is 4.56. The van der Waals surface area contributed by atoms with E-state index in [2.05, 4.69) is 10.6 Å². The summed E-state index contributed by atoms with van der Waals surface area (Å²) in [6.07, 6.45) is 5.40. The Kier molecular flexibility index (Phi) is 5.19. The van der Waals surface area contributed by atoms with Gasteiger partial charge in [0.25, 0.3) is 0 Å². The van der Waals surface area contributed by atoms with E-state index >= 15 is 0 Å². The minimum atomic E-state index is -0.943. The van der Waals surface area contributed by atoms with Crippen molar-refractivity contribution in [2.45, 2.75) is 51.5 Å². The smallest absolute Gasteiger partial charge is 0.243 e. The first-order chi connectivity index (χ1) is 10.4. The summed E-state index contributed by atoms with van der Waals surface area (Å²) in [4.78, 5) is 24.1. The molecular formula is C17H25N3O2. The van der Waals surface area contributed by atoms with E-state index in [1.807, 2.05) is 6.07 Å². The van der Waals surface area contributed by atoms with Gasteiger partial charge in [0.15, 0.2) is 0 Å². The van der Waals surface area contributed by atoms with Crippen molar-refractivity contribution in [3.63, 3.8) is 0 Å². The molecule has 2 amide bonds. The van der Waals surface area contributed by atoms with Crippen LogP contribution in [0.25, 0.3) is 0 Å². The van der Waals surface area contributed by atoms with Crippen LogP contribution in [0.5, 0.6) is 0 Å². The van der Waals surface area contributed by atoms with Crippen LogP contribution < -0.4 is 16.4 Å². The number of benzene rings is 1. The van der Waals surface area contributed by atoms with Crippen LogP contribution in [0.3, 0.4) is 0 Å². The Bertz CT molecular complexity index is 543. The number of carbonyl (C=O) groups is 2. The maximum absolute atomic E-state index is 12.2. The Morgan fingerprint density at radius 1 is 1.09 bits per heavy atom. The second-order valence-corrected chi connectivity index (χ2v) is 6.58. The van der Waals surface area contributed by atoms with Gasteiger partial charge in [0.1, 0.15) is 0 Å². The summed E-state index contributed by atoms with van der Waals surface area (Å²) in [5, 5.41) is 5.70. The highest BCUT2D eigenvalue weighted by Gasteiger charge is 2.23. The number of amides is 2. The zero-order valence-electron chi connectivity index (χ0n) is 13.3. The molecule has 2 rings (SSSR count). The summed E-state index contributed by atoms with van der Waals surface area (Å²) in [7, 11) is 0.